The summed E-state index contributed by atoms with van der Waals surface area (Å²) in [4.78, 5) is 0. The Kier molecular flexibility index (Phi) is 6.00. The summed E-state index contributed by atoms with van der Waals surface area (Å²) in [7, 11) is 0. The molecule has 1 aliphatic rings. The molecule has 0 aliphatic heterocycles. The molecule has 0 heterocycles. The molecule has 1 unspecified atom stereocenters. The van der Waals surface area contributed by atoms with Crippen molar-refractivity contribution in [1.29, 1.82) is 0 Å². The van der Waals surface area contributed by atoms with E-state index in [-0.39, 0.29) is 11.1 Å². The Bertz CT molecular complexity index is 438. The SMILES string of the molecule is NC(CSC1CCCCC1)c1ccc(Br)c(Cl)c1F. The van der Waals surface area contributed by atoms with Crippen molar-refractivity contribution in [1.82, 2.24) is 0 Å². The van der Waals surface area contributed by atoms with E-state index >= 15 is 0 Å². The van der Waals surface area contributed by atoms with Crippen LogP contribution >= 0.6 is 39.3 Å². The smallest absolute Gasteiger partial charge is 0.147 e. The van der Waals surface area contributed by atoms with Crippen LogP contribution < -0.4 is 5.73 Å². The van der Waals surface area contributed by atoms with Gasteiger partial charge in [-0.05, 0) is 34.8 Å². The van der Waals surface area contributed by atoms with Crippen molar-refractivity contribution in [3.8, 4) is 0 Å². The predicted octanol–water partition coefficient (Wildman–Crippen LogP) is 5.31. The van der Waals surface area contributed by atoms with Crippen LogP contribution in [0.3, 0.4) is 0 Å². The van der Waals surface area contributed by atoms with Crippen molar-refractivity contribution >= 4 is 39.3 Å². The van der Waals surface area contributed by atoms with E-state index in [4.69, 9.17) is 17.3 Å². The van der Waals surface area contributed by atoms with Crippen LogP contribution in [-0.4, -0.2) is 11.0 Å². The third-order valence-corrected chi connectivity index (χ3v) is 6.28. The van der Waals surface area contributed by atoms with E-state index < -0.39 is 5.82 Å². The molecule has 106 valence electrons. The Morgan fingerprint density at radius 3 is 2.74 bits per heavy atom. The van der Waals surface area contributed by atoms with Gasteiger partial charge in [-0.25, -0.2) is 4.39 Å². The second-order valence-corrected chi connectivity index (χ2v) is 7.53. The van der Waals surface area contributed by atoms with Gasteiger partial charge in [0.2, 0.25) is 0 Å². The lowest BCUT2D eigenvalue weighted by Crippen LogP contribution is -2.18. The molecule has 0 aromatic heterocycles. The number of benzene rings is 1. The lowest BCUT2D eigenvalue weighted by molar-refractivity contribution is 0.515. The molecular weight excluding hydrogens is 349 g/mol. The second kappa shape index (κ2) is 7.30. The number of nitrogens with two attached hydrogens (primary N) is 1. The van der Waals surface area contributed by atoms with E-state index in [9.17, 15) is 4.39 Å². The zero-order valence-corrected chi connectivity index (χ0v) is 13.8. The van der Waals surface area contributed by atoms with Gasteiger partial charge < -0.3 is 5.73 Å². The molecule has 2 N–H and O–H groups in total. The molecule has 0 saturated heterocycles. The van der Waals surface area contributed by atoms with Crippen LogP contribution in [0.15, 0.2) is 16.6 Å². The van der Waals surface area contributed by atoms with Crippen LogP contribution in [0.1, 0.15) is 43.7 Å². The van der Waals surface area contributed by atoms with Crippen molar-refractivity contribution in [2.24, 2.45) is 5.73 Å². The highest BCUT2D eigenvalue weighted by Crippen LogP contribution is 2.33. The van der Waals surface area contributed by atoms with Gasteiger partial charge in [0, 0.05) is 27.1 Å². The minimum atomic E-state index is -0.396. The molecule has 1 aromatic carbocycles. The van der Waals surface area contributed by atoms with Gasteiger partial charge in [0.05, 0.1) is 5.02 Å². The predicted molar refractivity (Wildman–Crippen MR) is 85.4 cm³/mol. The van der Waals surface area contributed by atoms with Gasteiger partial charge in [-0.15, -0.1) is 0 Å². The molecule has 0 radical (unpaired) electrons. The molecule has 2 rings (SSSR count). The van der Waals surface area contributed by atoms with Crippen LogP contribution in [0, 0.1) is 5.82 Å². The van der Waals surface area contributed by atoms with Crippen LogP contribution in [0.25, 0.3) is 0 Å². The Hall–Kier alpha value is 0.230. The first-order valence-electron chi connectivity index (χ1n) is 6.60. The molecule has 1 nitrogen and oxygen atoms in total. The molecule has 1 saturated carbocycles. The van der Waals surface area contributed by atoms with Gasteiger partial charge in [0.25, 0.3) is 0 Å². The van der Waals surface area contributed by atoms with Crippen molar-refractivity contribution in [2.75, 3.05) is 5.75 Å². The first-order valence-corrected chi connectivity index (χ1v) is 8.82. The highest BCUT2D eigenvalue weighted by molar-refractivity contribution is 9.10. The minimum absolute atomic E-state index is 0.121. The summed E-state index contributed by atoms with van der Waals surface area (Å²) in [6.45, 7) is 0. The molecule has 1 fully saturated rings. The maximum absolute atomic E-state index is 14.0. The molecule has 5 heteroatoms. The third-order valence-electron chi connectivity index (χ3n) is 3.53. The largest absolute Gasteiger partial charge is 0.323 e. The molecule has 0 spiro atoms. The van der Waals surface area contributed by atoms with Gasteiger partial charge in [0.15, 0.2) is 0 Å². The van der Waals surface area contributed by atoms with E-state index in [1.54, 1.807) is 12.1 Å². The molecular formula is C14H18BrClFNS. The zero-order valence-electron chi connectivity index (χ0n) is 10.7. The topological polar surface area (TPSA) is 26.0 Å². The van der Waals surface area contributed by atoms with Gasteiger partial charge in [-0.3, -0.25) is 0 Å². The number of rotatable bonds is 4. The number of halogens is 3. The number of hydrogen-bond donors (Lipinski definition) is 1. The summed E-state index contributed by atoms with van der Waals surface area (Å²) < 4.78 is 14.6. The summed E-state index contributed by atoms with van der Waals surface area (Å²) in [5.74, 6) is 0.354. The Morgan fingerprint density at radius 1 is 1.37 bits per heavy atom. The standard InChI is InChI=1S/C14H18BrClFNS/c15-11-7-6-10(14(17)13(11)16)12(18)8-19-9-4-2-1-3-5-9/h6-7,9,12H,1-5,8,18H2. The maximum Gasteiger partial charge on any atom is 0.147 e. The Morgan fingerprint density at radius 2 is 2.05 bits per heavy atom. The summed E-state index contributed by atoms with van der Waals surface area (Å²) in [6.07, 6.45) is 6.50. The van der Waals surface area contributed by atoms with E-state index in [2.05, 4.69) is 15.9 Å². The van der Waals surface area contributed by atoms with Crippen molar-refractivity contribution in [3.05, 3.63) is 33.0 Å². The van der Waals surface area contributed by atoms with E-state index in [0.29, 0.717) is 15.3 Å². The van der Waals surface area contributed by atoms with Crippen molar-refractivity contribution in [3.63, 3.8) is 0 Å². The van der Waals surface area contributed by atoms with Crippen LogP contribution in [-0.2, 0) is 0 Å². The van der Waals surface area contributed by atoms with Crippen LogP contribution in [0.4, 0.5) is 4.39 Å². The third kappa shape index (κ3) is 4.10. The fourth-order valence-corrected chi connectivity index (χ4v) is 4.19. The summed E-state index contributed by atoms with van der Waals surface area (Å²) in [6, 6.07) is 3.18. The van der Waals surface area contributed by atoms with Crippen molar-refractivity contribution in [2.45, 2.75) is 43.4 Å². The Balaban J connectivity index is 1.95. The van der Waals surface area contributed by atoms with Gasteiger partial charge in [-0.2, -0.15) is 11.8 Å². The first-order chi connectivity index (χ1) is 9.09. The minimum Gasteiger partial charge on any atom is -0.323 e. The molecule has 1 aliphatic carbocycles. The Labute approximate surface area is 131 Å². The molecule has 1 atom stereocenters. The van der Waals surface area contributed by atoms with E-state index in [1.165, 1.54) is 32.1 Å². The fourth-order valence-electron chi connectivity index (χ4n) is 2.39. The highest BCUT2D eigenvalue weighted by atomic mass is 79.9. The number of hydrogen-bond acceptors (Lipinski definition) is 2. The second-order valence-electron chi connectivity index (χ2n) is 4.96. The summed E-state index contributed by atoms with van der Waals surface area (Å²) in [5, 5.41) is 0.810. The average Bonchev–Trinajstić information content (AvgIpc) is 2.43. The van der Waals surface area contributed by atoms with E-state index in [1.807, 2.05) is 11.8 Å². The maximum atomic E-state index is 14.0. The van der Waals surface area contributed by atoms with Gasteiger partial charge in [-0.1, -0.05) is 36.9 Å². The normalized spacial score (nSPS) is 18.5. The zero-order chi connectivity index (χ0) is 13.8. The summed E-state index contributed by atoms with van der Waals surface area (Å²) >= 11 is 11.0. The lowest BCUT2D eigenvalue weighted by Gasteiger charge is -2.23. The van der Waals surface area contributed by atoms with Crippen LogP contribution in [0.2, 0.25) is 5.02 Å². The van der Waals surface area contributed by atoms with Gasteiger partial charge >= 0.3 is 0 Å². The molecule has 19 heavy (non-hydrogen) atoms. The number of thioether (sulfide) groups is 1. The van der Waals surface area contributed by atoms with Crippen LogP contribution in [0.5, 0.6) is 0 Å². The fraction of sp³-hybridized carbons (Fsp3) is 0.571. The first kappa shape index (κ1) is 15.6. The highest BCUT2D eigenvalue weighted by Gasteiger charge is 2.19. The van der Waals surface area contributed by atoms with Gasteiger partial charge in [0.1, 0.15) is 5.82 Å². The molecule has 0 amide bonds. The monoisotopic (exact) mass is 365 g/mol. The summed E-state index contributed by atoms with van der Waals surface area (Å²) in [5.41, 5.74) is 6.61. The van der Waals surface area contributed by atoms with E-state index in [0.717, 1.165) is 5.75 Å². The lowest BCUT2D eigenvalue weighted by atomic mass is 10.0. The van der Waals surface area contributed by atoms with Crippen molar-refractivity contribution < 1.29 is 4.39 Å². The quantitative estimate of drug-likeness (QED) is 0.731. The molecule has 0 bridgehead atoms. The molecule has 1 aromatic rings. The average molecular weight is 367 g/mol.